The van der Waals surface area contributed by atoms with Gasteiger partial charge in [-0.2, -0.15) is 13.2 Å². The molecular formula is C14H19F3O3. The summed E-state index contributed by atoms with van der Waals surface area (Å²) in [7, 11) is 0. The van der Waals surface area contributed by atoms with Crippen LogP contribution in [0.25, 0.3) is 0 Å². The van der Waals surface area contributed by atoms with E-state index in [1.54, 1.807) is 18.2 Å². The van der Waals surface area contributed by atoms with Crippen LogP contribution in [0.1, 0.15) is 31.7 Å². The predicted octanol–water partition coefficient (Wildman–Crippen LogP) is 3.69. The van der Waals surface area contributed by atoms with Gasteiger partial charge in [0.05, 0.1) is 19.8 Å². The summed E-state index contributed by atoms with van der Waals surface area (Å²) in [5, 5.41) is 9.17. The number of alkyl halides is 3. The standard InChI is InChI=1S/C14H19F3O3/c1-2-7-19-12-5-4-11(10-18)13(9-12)20-8-3-6-14(15,16)17/h4-5,9,18H,2-3,6-8,10H2,1H3. The van der Waals surface area contributed by atoms with Gasteiger partial charge < -0.3 is 14.6 Å². The Morgan fingerprint density at radius 1 is 1.15 bits per heavy atom. The molecule has 0 aromatic heterocycles. The molecule has 0 fully saturated rings. The van der Waals surface area contributed by atoms with Crippen molar-refractivity contribution in [3.63, 3.8) is 0 Å². The number of ether oxygens (including phenoxy) is 2. The van der Waals surface area contributed by atoms with Crippen LogP contribution < -0.4 is 9.47 Å². The first kappa shape index (κ1) is 16.6. The van der Waals surface area contributed by atoms with Gasteiger partial charge in [-0.3, -0.25) is 0 Å². The number of rotatable bonds is 8. The molecule has 114 valence electrons. The quantitative estimate of drug-likeness (QED) is 0.743. The van der Waals surface area contributed by atoms with Crippen LogP contribution in [0, 0.1) is 0 Å². The van der Waals surface area contributed by atoms with Crippen molar-refractivity contribution in [3.05, 3.63) is 23.8 Å². The van der Waals surface area contributed by atoms with Gasteiger partial charge >= 0.3 is 6.18 Å². The zero-order valence-corrected chi connectivity index (χ0v) is 11.4. The van der Waals surface area contributed by atoms with Gasteiger partial charge in [0.1, 0.15) is 11.5 Å². The highest BCUT2D eigenvalue weighted by molar-refractivity contribution is 5.40. The minimum Gasteiger partial charge on any atom is -0.493 e. The van der Waals surface area contributed by atoms with E-state index in [1.165, 1.54) is 0 Å². The maximum absolute atomic E-state index is 12.0. The monoisotopic (exact) mass is 292 g/mol. The van der Waals surface area contributed by atoms with Crippen LogP contribution in [0.2, 0.25) is 0 Å². The molecule has 0 atom stereocenters. The van der Waals surface area contributed by atoms with E-state index in [0.717, 1.165) is 6.42 Å². The number of hydrogen-bond acceptors (Lipinski definition) is 3. The molecule has 0 saturated heterocycles. The Kier molecular flexibility index (Phi) is 6.64. The third-order valence-corrected chi connectivity index (χ3v) is 2.54. The van der Waals surface area contributed by atoms with Gasteiger partial charge in [-0.15, -0.1) is 0 Å². The van der Waals surface area contributed by atoms with Crippen molar-refractivity contribution in [1.82, 2.24) is 0 Å². The minimum atomic E-state index is -4.17. The SMILES string of the molecule is CCCOc1ccc(CO)c(OCCCC(F)(F)F)c1. The smallest absolute Gasteiger partial charge is 0.389 e. The van der Waals surface area contributed by atoms with Crippen molar-refractivity contribution < 1.29 is 27.8 Å². The normalized spacial score (nSPS) is 11.4. The van der Waals surface area contributed by atoms with Gasteiger partial charge in [-0.1, -0.05) is 6.92 Å². The van der Waals surface area contributed by atoms with Gasteiger partial charge in [-0.25, -0.2) is 0 Å². The van der Waals surface area contributed by atoms with Gasteiger partial charge in [0.2, 0.25) is 0 Å². The van der Waals surface area contributed by atoms with Crippen LogP contribution in [-0.2, 0) is 6.61 Å². The molecule has 1 aromatic carbocycles. The van der Waals surface area contributed by atoms with Gasteiger partial charge in [0.15, 0.2) is 0 Å². The van der Waals surface area contributed by atoms with Crippen molar-refractivity contribution >= 4 is 0 Å². The lowest BCUT2D eigenvalue weighted by atomic mass is 10.2. The molecule has 6 heteroatoms. The van der Waals surface area contributed by atoms with Crippen molar-refractivity contribution in [2.45, 2.75) is 39.0 Å². The highest BCUT2D eigenvalue weighted by Gasteiger charge is 2.26. The van der Waals surface area contributed by atoms with Crippen molar-refractivity contribution in [1.29, 1.82) is 0 Å². The number of benzene rings is 1. The topological polar surface area (TPSA) is 38.7 Å². The summed E-state index contributed by atoms with van der Waals surface area (Å²) in [6.07, 6.45) is -4.32. The average Bonchev–Trinajstić information content (AvgIpc) is 2.40. The lowest BCUT2D eigenvalue weighted by Gasteiger charge is -2.13. The number of aliphatic hydroxyl groups excluding tert-OH is 1. The fourth-order valence-corrected chi connectivity index (χ4v) is 1.56. The second-order valence-electron chi connectivity index (χ2n) is 4.34. The van der Waals surface area contributed by atoms with Crippen molar-refractivity contribution in [2.75, 3.05) is 13.2 Å². The largest absolute Gasteiger partial charge is 0.493 e. The molecule has 0 saturated carbocycles. The number of aliphatic hydroxyl groups is 1. The fraction of sp³-hybridized carbons (Fsp3) is 0.571. The molecule has 0 spiro atoms. The summed E-state index contributed by atoms with van der Waals surface area (Å²) in [6.45, 7) is 2.23. The molecule has 0 aliphatic carbocycles. The van der Waals surface area contributed by atoms with E-state index < -0.39 is 12.6 Å². The number of hydrogen-bond donors (Lipinski definition) is 1. The Hall–Kier alpha value is -1.43. The Balaban J connectivity index is 2.57. The summed E-state index contributed by atoms with van der Waals surface area (Å²) < 4.78 is 46.8. The van der Waals surface area contributed by atoms with E-state index in [9.17, 15) is 18.3 Å². The maximum atomic E-state index is 12.0. The van der Waals surface area contributed by atoms with E-state index in [-0.39, 0.29) is 19.6 Å². The molecule has 0 radical (unpaired) electrons. The van der Waals surface area contributed by atoms with Crippen molar-refractivity contribution in [2.24, 2.45) is 0 Å². The molecule has 1 N–H and O–H groups in total. The Bertz CT molecular complexity index is 405. The minimum absolute atomic E-state index is 0.0518. The molecule has 0 unspecified atom stereocenters. The first-order valence-electron chi connectivity index (χ1n) is 6.52. The maximum Gasteiger partial charge on any atom is 0.389 e. The zero-order chi connectivity index (χ0) is 15.0. The third kappa shape index (κ3) is 6.14. The van der Waals surface area contributed by atoms with Crippen LogP contribution in [0.4, 0.5) is 13.2 Å². The lowest BCUT2D eigenvalue weighted by Crippen LogP contribution is -2.10. The van der Waals surface area contributed by atoms with Crippen LogP contribution in [0.15, 0.2) is 18.2 Å². The molecule has 0 aliphatic heterocycles. The van der Waals surface area contributed by atoms with Crippen LogP contribution in [0.3, 0.4) is 0 Å². The molecule has 0 bridgehead atoms. The molecule has 20 heavy (non-hydrogen) atoms. The first-order chi connectivity index (χ1) is 9.46. The Labute approximate surface area is 116 Å². The first-order valence-corrected chi connectivity index (χ1v) is 6.52. The summed E-state index contributed by atoms with van der Waals surface area (Å²) in [5.41, 5.74) is 0.529. The summed E-state index contributed by atoms with van der Waals surface area (Å²) in [5.74, 6) is 0.943. The number of halogens is 3. The van der Waals surface area contributed by atoms with E-state index in [2.05, 4.69) is 0 Å². The second-order valence-corrected chi connectivity index (χ2v) is 4.34. The fourth-order valence-electron chi connectivity index (χ4n) is 1.56. The van der Waals surface area contributed by atoms with E-state index in [0.29, 0.717) is 23.7 Å². The van der Waals surface area contributed by atoms with E-state index in [4.69, 9.17) is 9.47 Å². The predicted molar refractivity (Wildman–Crippen MR) is 68.9 cm³/mol. The van der Waals surface area contributed by atoms with Gasteiger partial charge in [0, 0.05) is 18.1 Å². The molecule has 0 aliphatic rings. The summed E-state index contributed by atoms with van der Waals surface area (Å²) in [4.78, 5) is 0. The molecule has 0 amide bonds. The second kappa shape index (κ2) is 7.99. The van der Waals surface area contributed by atoms with Crippen molar-refractivity contribution in [3.8, 4) is 11.5 Å². The summed E-state index contributed by atoms with van der Waals surface area (Å²) >= 11 is 0. The molecule has 1 aromatic rings. The Morgan fingerprint density at radius 3 is 2.50 bits per heavy atom. The van der Waals surface area contributed by atoms with Crippen LogP contribution >= 0.6 is 0 Å². The van der Waals surface area contributed by atoms with Gasteiger partial charge in [-0.05, 0) is 25.0 Å². The van der Waals surface area contributed by atoms with Crippen LogP contribution in [0.5, 0.6) is 11.5 Å². The molecule has 3 nitrogen and oxygen atoms in total. The molecule has 0 heterocycles. The highest BCUT2D eigenvalue weighted by Crippen LogP contribution is 2.26. The molecule has 1 rings (SSSR count). The Morgan fingerprint density at radius 2 is 1.90 bits per heavy atom. The highest BCUT2D eigenvalue weighted by atomic mass is 19.4. The average molecular weight is 292 g/mol. The zero-order valence-electron chi connectivity index (χ0n) is 11.4. The van der Waals surface area contributed by atoms with Crippen LogP contribution in [-0.4, -0.2) is 24.5 Å². The van der Waals surface area contributed by atoms with E-state index >= 15 is 0 Å². The molecular weight excluding hydrogens is 273 g/mol. The lowest BCUT2D eigenvalue weighted by molar-refractivity contribution is -0.136. The van der Waals surface area contributed by atoms with Gasteiger partial charge in [0.25, 0.3) is 0 Å². The third-order valence-electron chi connectivity index (χ3n) is 2.54. The summed E-state index contributed by atoms with van der Waals surface area (Å²) in [6, 6.07) is 4.93. The van der Waals surface area contributed by atoms with E-state index in [1.807, 2.05) is 6.92 Å².